The van der Waals surface area contributed by atoms with Crippen LogP contribution in [0.1, 0.15) is 106 Å². The second kappa shape index (κ2) is 15.0. The lowest BCUT2D eigenvalue weighted by Crippen LogP contribution is -2.20. The van der Waals surface area contributed by atoms with Crippen molar-refractivity contribution < 1.29 is 9.90 Å². The van der Waals surface area contributed by atoms with Crippen molar-refractivity contribution in [3.63, 3.8) is 0 Å². The maximum Gasteiger partial charge on any atom is 0.306 e. The van der Waals surface area contributed by atoms with Gasteiger partial charge in [0.2, 0.25) is 0 Å². The van der Waals surface area contributed by atoms with E-state index in [2.05, 4.69) is 64.9 Å². The molecular weight excluding hydrogens is 410 g/mol. The van der Waals surface area contributed by atoms with E-state index in [1.54, 1.807) is 6.92 Å². The number of hydrogen-bond acceptors (Lipinski definition) is 3. The highest BCUT2D eigenvalue weighted by atomic mass is 16.4. The SMILES string of the molecule is CC1=C(C)C(C)C(N=O)C=C1CCC(C)CC/C=C(\C)CCC/C(C)=C/CCC(C)C(=O)O. The molecule has 4 heteroatoms. The summed E-state index contributed by atoms with van der Waals surface area (Å²) in [7, 11) is 0. The first-order valence-corrected chi connectivity index (χ1v) is 12.8. The van der Waals surface area contributed by atoms with Gasteiger partial charge in [-0.3, -0.25) is 4.79 Å². The highest BCUT2D eigenvalue weighted by Gasteiger charge is 2.25. The molecule has 0 radical (unpaired) electrons. The van der Waals surface area contributed by atoms with Gasteiger partial charge in [0.1, 0.15) is 6.04 Å². The molecule has 1 aliphatic carbocycles. The summed E-state index contributed by atoms with van der Waals surface area (Å²) in [5.74, 6) is -0.0950. The molecule has 1 N–H and O–H groups in total. The molecule has 0 aliphatic heterocycles. The van der Waals surface area contributed by atoms with Crippen molar-refractivity contribution in [1.82, 2.24) is 0 Å². The first-order chi connectivity index (χ1) is 15.6. The van der Waals surface area contributed by atoms with Gasteiger partial charge in [-0.05, 0) is 103 Å². The second-order valence-electron chi connectivity index (χ2n) is 10.4. The van der Waals surface area contributed by atoms with E-state index >= 15 is 0 Å². The maximum atomic E-state index is 11.2. The van der Waals surface area contributed by atoms with Crippen LogP contribution in [0.4, 0.5) is 0 Å². The van der Waals surface area contributed by atoms with Crippen molar-refractivity contribution in [2.24, 2.45) is 22.9 Å². The predicted molar refractivity (Wildman–Crippen MR) is 140 cm³/mol. The number of hydrogen-bond donors (Lipinski definition) is 1. The molecule has 0 saturated carbocycles. The van der Waals surface area contributed by atoms with Crippen LogP contribution in [0.25, 0.3) is 0 Å². The number of carbonyl (C=O) groups is 1. The zero-order valence-electron chi connectivity index (χ0n) is 22.1. The highest BCUT2D eigenvalue weighted by Crippen LogP contribution is 2.34. The largest absolute Gasteiger partial charge is 0.481 e. The molecule has 0 aromatic heterocycles. The molecule has 33 heavy (non-hydrogen) atoms. The molecule has 1 aliphatic rings. The first-order valence-electron chi connectivity index (χ1n) is 12.8. The van der Waals surface area contributed by atoms with Gasteiger partial charge in [-0.15, -0.1) is 0 Å². The Kier molecular flexibility index (Phi) is 13.2. The Balaban J connectivity index is 2.31. The van der Waals surface area contributed by atoms with Gasteiger partial charge in [-0.2, -0.15) is 4.91 Å². The highest BCUT2D eigenvalue weighted by molar-refractivity contribution is 5.69. The van der Waals surface area contributed by atoms with Crippen molar-refractivity contribution in [3.8, 4) is 0 Å². The average molecular weight is 458 g/mol. The number of nitroso groups, excluding NO2 is 1. The summed E-state index contributed by atoms with van der Waals surface area (Å²) in [5.41, 5.74) is 6.81. The van der Waals surface area contributed by atoms with Crippen LogP contribution in [-0.4, -0.2) is 17.1 Å². The van der Waals surface area contributed by atoms with Crippen LogP contribution in [0.15, 0.2) is 51.3 Å². The monoisotopic (exact) mass is 457 g/mol. The Morgan fingerprint density at radius 1 is 1.06 bits per heavy atom. The van der Waals surface area contributed by atoms with Gasteiger partial charge in [0.15, 0.2) is 0 Å². The summed E-state index contributed by atoms with van der Waals surface area (Å²) in [5, 5.41) is 12.3. The molecule has 186 valence electrons. The molecule has 0 amide bonds. The Morgan fingerprint density at radius 2 is 1.64 bits per heavy atom. The Bertz CT molecular complexity index is 772. The van der Waals surface area contributed by atoms with Gasteiger partial charge < -0.3 is 5.11 Å². The number of allylic oxidation sites excluding steroid dienone is 6. The lowest BCUT2D eigenvalue weighted by atomic mass is 9.80. The van der Waals surface area contributed by atoms with Crippen LogP contribution >= 0.6 is 0 Å². The molecule has 4 nitrogen and oxygen atoms in total. The van der Waals surface area contributed by atoms with E-state index in [0.29, 0.717) is 12.3 Å². The number of carboxylic acids is 1. The van der Waals surface area contributed by atoms with E-state index in [0.717, 1.165) is 44.9 Å². The number of rotatable bonds is 15. The van der Waals surface area contributed by atoms with Gasteiger partial charge in [-0.25, -0.2) is 0 Å². The second-order valence-corrected chi connectivity index (χ2v) is 10.4. The van der Waals surface area contributed by atoms with Crippen LogP contribution in [0, 0.1) is 22.7 Å². The van der Waals surface area contributed by atoms with E-state index in [1.807, 2.05) is 0 Å². The molecule has 0 spiro atoms. The standard InChI is InChI=1S/C29H47NO3/c1-20(11-8-12-21(2)15-10-16-23(4)29(31)32)13-9-14-22(3)17-18-27-19-28(30-33)26(7)24(5)25(27)6/h13,15,19,22-23,26,28H,8-12,14,16-18H2,1-7H3,(H,31,32)/b20-13+,21-15+. The maximum absolute atomic E-state index is 11.2. The van der Waals surface area contributed by atoms with Crippen molar-refractivity contribution in [1.29, 1.82) is 0 Å². The van der Waals surface area contributed by atoms with Crippen LogP contribution in [0.2, 0.25) is 0 Å². The van der Waals surface area contributed by atoms with Gasteiger partial charge in [-0.1, -0.05) is 60.9 Å². The summed E-state index contributed by atoms with van der Waals surface area (Å²) in [4.78, 5) is 22.0. The van der Waals surface area contributed by atoms with Gasteiger partial charge in [0.25, 0.3) is 0 Å². The topological polar surface area (TPSA) is 66.7 Å². The molecule has 0 fully saturated rings. The number of nitrogens with zero attached hydrogens (tertiary/aromatic N) is 1. The van der Waals surface area contributed by atoms with E-state index in [1.165, 1.54) is 34.3 Å². The summed E-state index contributed by atoms with van der Waals surface area (Å²) in [6, 6.07) is -0.212. The number of carboxylic acid groups (broad SMARTS) is 1. The quantitative estimate of drug-likeness (QED) is 0.197. The first kappa shape index (κ1) is 29.1. The van der Waals surface area contributed by atoms with Gasteiger partial charge >= 0.3 is 5.97 Å². The van der Waals surface area contributed by atoms with E-state index in [4.69, 9.17) is 5.11 Å². The van der Waals surface area contributed by atoms with E-state index in [9.17, 15) is 9.70 Å². The van der Waals surface area contributed by atoms with Crippen LogP contribution in [0.5, 0.6) is 0 Å². The minimum atomic E-state index is -0.706. The van der Waals surface area contributed by atoms with Crippen molar-refractivity contribution in [3.05, 3.63) is 51.0 Å². The summed E-state index contributed by atoms with van der Waals surface area (Å²) in [6.07, 6.45) is 16.1. The average Bonchev–Trinajstić information content (AvgIpc) is 2.76. The molecule has 4 atom stereocenters. The lowest BCUT2D eigenvalue weighted by molar-refractivity contribution is -0.141. The number of aliphatic carboxylic acids is 1. The molecule has 4 unspecified atom stereocenters. The lowest BCUT2D eigenvalue weighted by Gasteiger charge is -2.26. The molecule has 0 heterocycles. The van der Waals surface area contributed by atoms with Crippen LogP contribution in [0.3, 0.4) is 0 Å². The molecule has 0 bridgehead atoms. The summed E-state index contributed by atoms with van der Waals surface area (Å²) >= 11 is 0. The fourth-order valence-electron chi connectivity index (χ4n) is 4.43. The third-order valence-electron chi connectivity index (χ3n) is 7.48. The Hall–Kier alpha value is -1.97. The molecule has 1 rings (SSSR count). The minimum Gasteiger partial charge on any atom is -0.481 e. The molecular formula is C29H47NO3. The molecule has 0 aromatic carbocycles. The smallest absolute Gasteiger partial charge is 0.306 e. The molecule has 0 saturated heterocycles. The summed E-state index contributed by atoms with van der Waals surface area (Å²) < 4.78 is 0. The zero-order chi connectivity index (χ0) is 25.0. The normalized spacial score (nSPS) is 21.6. The third kappa shape index (κ3) is 10.7. The van der Waals surface area contributed by atoms with Crippen molar-refractivity contribution in [2.75, 3.05) is 0 Å². The molecule has 0 aromatic rings. The fourth-order valence-corrected chi connectivity index (χ4v) is 4.43. The fraction of sp³-hybridized carbons (Fsp3) is 0.690. The van der Waals surface area contributed by atoms with E-state index < -0.39 is 5.97 Å². The van der Waals surface area contributed by atoms with Gasteiger partial charge in [0, 0.05) is 5.92 Å². The predicted octanol–water partition coefficient (Wildman–Crippen LogP) is 8.79. The van der Waals surface area contributed by atoms with Crippen molar-refractivity contribution in [2.45, 2.75) is 112 Å². The van der Waals surface area contributed by atoms with Gasteiger partial charge in [0.05, 0.1) is 5.92 Å². The zero-order valence-corrected chi connectivity index (χ0v) is 22.1. The Labute approximate surface area is 202 Å². The van der Waals surface area contributed by atoms with E-state index in [-0.39, 0.29) is 17.9 Å². The van der Waals surface area contributed by atoms with Crippen LogP contribution < -0.4 is 0 Å². The summed E-state index contributed by atoms with van der Waals surface area (Å²) in [6.45, 7) is 14.9. The van der Waals surface area contributed by atoms with Crippen molar-refractivity contribution >= 4 is 5.97 Å². The third-order valence-corrected chi connectivity index (χ3v) is 7.48. The Morgan fingerprint density at radius 3 is 2.18 bits per heavy atom. The minimum absolute atomic E-state index is 0.212. The van der Waals surface area contributed by atoms with Crippen LogP contribution in [-0.2, 0) is 4.79 Å².